The van der Waals surface area contributed by atoms with Gasteiger partial charge in [0.25, 0.3) is 11.5 Å². The molecule has 90 valence electrons. The van der Waals surface area contributed by atoms with Crippen LogP contribution in [0.15, 0.2) is 15.3 Å². The highest BCUT2D eigenvalue weighted by Gasteiger charge is 2.12. The average Bonchev–Trinajstić information content (AvgIpc) is 2.30. The molecule has 0 aliphatic heterocycles. The molecule has 0 saturated carbocycles. The topological polar surface area (TPSA) is 85.8 Å². The van der Waals surface area contributed by atoms with Crippen LogP contribution in [0.4, 0.5) is 0 Å². The minimum atomic E-state index is -0.545. The third-order valence-electron chi connectivity index (χ3n) is 2.14. The molecule has 17 heavy (non-hydrogen) atoms. The lowest BCUT2D eigenvalue weighted by atomic mass is 10.2. The molecule has 1 rings (SSSR count). The Bertz CT molecular complexity index is 516. The summed E-state index contributed by atoms with van der Waals surface area (Å²) in [6.45, 7) is 1.88. The second-order valence-electron chi connectivity index (χ2n) is 3.43. The van der Waals surface area contributed by atoms with E-state index in [1.807, 2.05) is 6.92 Å². The maximum absolute atomic E-state index is 11.7. The molecular formula is C11H12BrN3O2. The van der Waals surface area contributed by atoms with Crippen LogP contribution in [0.5, 0.6) is 0 Å². The van der Waals surface area contributed by atoms with Crippen LogP contribution in [0.2, 0.25) is 0 Å². The number of amides is 1. The molecule has 1 amide bonds. The van der Waals surface area contributed by atoms with Crippen molar-refractivity contribution in [1.29, 1.82) is 5.26 Å². The van der Waals surface area contributed by atoms with E-state index in [1.54, 1.807) is 6.07 Å². The van der Waals surface area contributed by atoms with Crippen molar-refractivity contribution in [3.8, 4) is 6.07 Å². The van der Waals surface area contributed by atoms with Gasteiger partial charge in [0.2, 0.25) is 0 Å². The number of hydrogen-bond donors (Lipinski definition) is 2. The Morgan fingerprint density at radius 3 is 2.94 bits per heavy atom. The highest BCUT2D eigenvalue weighted by molar-refractivity contribution is 9.10. The van der Waals surface area contributed by atoms with E-state index in [1.165, 1.54) is 6.07 Å². The second kappa shape index (κ2) is 6.21. The minimum absolute atomic E-state index is 0.00646. The van der Waals surface area contributed by atoms with Gasteiger partial charge in [-0.05, 0) is 28.4 Å². The van der Waals surface area contributed by atoms with Crippen molar-refractivity contribution in [1.82, 2.24) is 10.3 Å². The third kappa shape index (κ3) is 3.43. The van der Waals surface area contributed by atoms with Crippen LogP contribution in [0.1, 0.15) is 29.4 Å². The molecule has 1 aromatic heterocycles. The number of nitrogens with one attached hydrogen (secondary N) is 2. The van der Waals surface area contributed by atoms with E-state index < -0.39 is 11.5 Å². The molecule has 0 unspecified atom stereocenters. The van der Waals surface area contributed by atoms with Crippen molar-refractivity contribution < 1.29 is 4.79 Å². The Labute approximate surface area is 107 Å². The molecule has 0 radical (unpaired) electrons. The van der Waals surface area contributed by atoms with E-state index >= 15 is 0 Å². The molecule has 0 aliphatic rings. The number of carbonyl (C=O) groups is 1. The first-order valence-electron chi connectivity index (χ1n) is 5.17. The van der Waals surface area contributed by atoms with Gasteiger partial charge in [-0.1, -0.05) is 13.3 Å². The van der Waals surface area contributed by atoms with Crippen LogP contribution >= 0.6 is 15.9 Å². The molecule has 1 aromatic rings. The van der Waals surface area contributed by atoms with Gasteiger partial charge in [0, 0.05) is 10.2 Å². The summed E-state index contributed by atoms with van der Waals surface area (Å²) in [5, 5.41) is 10.7. The number of nitriles is 1. The Balaban J connectivity index is 3.04. The fourth-order valence-corrected chi connectivity index (χ4v) is 1.89. The lowest BCUT2D eigenvalue weighted by Crippen LogP contribution is -2.30. The maximum Gasteiger partial charge on any atom is 0.261 e. The zero-order valence-corrected chi connectivity index (χ0v) is 10.9. The average molecular weight is 298 g/mol. The highest BCUT2D eigenvalue weighted by atomic mass is 79.9. The first-order valence-corrected chi connectivity index (χ1v) is 5.96. The molecule has 0 aromatic carbocycles. The summed E-state index contributed by atoms with van der Waals surface area (Å²) in [5.74, 6) is -0.545. The number of H-pyrrole nitrogens is 1. The summed E-state index contributed by atoms with van der Waals surface area (Å²) in [7, 11) is 0. The van der Waals surface area contributed by atoms with Crippen LogP contribution in [0.25, 0.3) is 0 Å². The lowest BCUT2D eigenvalue weighted by molar-refractivity contribution is 0.0957. The van der Waals surface area contributed by atoms with Crippen LogP contribution < -0.4 is 10.9 Å². The van der Waals surface area contributed by atoms with Gasteiger partial charge in [-0.25, -0.2) is 0 Å². The summed E-state index contributed by atoms with van der Waals surface area (Å²) >= 11 is 3.30. The van der Waals surface area contributed by atoms with Crippen molar-refractivity contribution in [2.75, 3.05) is 6.54 Å². The van der Waals surface area contributed by atoms with Gasteiger partial charge in [-0.2, -0.15) is 5.26 Å². The van der Waals surface area contributed by atoms with Crippen molar-refractivity contribution in [3.63, 3.8) is 0 Å². The zero-order chi connectivity index (χ0) is 12.8. The van der Waals surface area contributed by atoms with E-state index in [2.05, 4.69) is 26.2 Å². The Kier molecular flexibility index (Phi) is 4.91. The standard InChI is InChI=1S/C11H12BrN3O2/c1-2-3-9-8(12)6-7(11(17)15-9)10(16)14-5-4-13/h6H,2-3,5H2,1H3,(H,14,16)(H,15,17). The number of pyridine rings is 1. The molecular weight excluding hydrogens is 286 g/mol. The number of carbonyl (C=O) groups excluding carboxylic acids is 1. The molecule has 0 spiro atoms. The Hall–Kier alpha value is -1.61. The molecule has 5 nitrogen and oxygen atoms in total. The molecule has 1 heterocycles. The number of aryl methyl sites for hydroxylation is 1. The van der Waals surface area contributed by atoms with Crippen LogP contribution in [0.3, 0.4) is 0 Å². The van der Waals surface area contributed by atoms with Gasteiger partial charge in [0.1, 0.15) is 12.1 Å². The van der Waals surface area contributed by atoms with Gasteiger partial charge in [0.15, 0.2) is 0 Å². The summed E-state index contributed by atoms with van der Waals surface area (Å²) < 4.78 is 0.695. The molecule has 2 N–H and O–H groups in total. The maximum atomic E-state index is 11.7. The van der Waals surface area contributed by atoms with E-state index in [9.17, 15) is 9.59 Å². The van der Waals surface area contributed by atoms with Crippen LogP contribution in [-0.4, -0.2) is 17.4 Å². The second-order valence-corrected chi connectivity index (χ2v) is 4.28. The van der Waals surface area contributed by atoms with Gasteiger partial charge >= 0.3 is 0 Å². The first kappa shape index (κ1) is 13.5. The molecule has 0 saturated heterocycles. The van der Waals surface area contributed by atoms with Crippen LogP contribution in [-0.2, 0) is 6.42 Å². The number of aromatic amines is 1. The van der Waals surface area contributed by atoms with E-state index in [0.717, 1.165) is 18.5 Å². The molecule has 0 fully saturated rings. The first-order chi connectivity index (χ1) is 8.10. The molecule has 6 heteroatoms. The van der Waals surface area contributed by atoms with Crippen molar-refractivity contribution in [2.45, 2.75) is 19.8 Å². The summed E-state index contributed by atoms with van der Waals surface area (Å²) in [6.07, 6.45) is 1.63. The number of aromatic nitrogens is 1. The van der Waals surface area contributed by atoms with E-state index in [-0.39, 0.29) is 12.1 Å². The fourth-order valence-electron chi connectivity index (χ4n) is 1.36. The predicted octanol–water partition coefficient (Wildman–Crippen LogP) is 1.34. The zero-order valence-electron chi connectivity index (χ0n) is 9.34. The van der Waals surface area contributed by atoms with Crippen molar-refractivity contribution in [3.05, 3.63) is 32.2 Å². The third-order valence-corrected chi connectivity index (χ3v) is 2.85. The van der Waals surface area contributed by atoms with Crippen molar-refractivity contribution >= 4 is 21.8 Å². The van der Waals surface area contributed by atoms with E-state index in [4.69, 9.17) is 5.26 Å². The Morgan fingerprint density at radius 2 is 2.35 bits per heavy atom. The van der Waals surface area contributed by atoms with Gasteiger partial charge < -0.3 is 10.3 Å². The number of rotatable bonds is 4. The van der Waals surface area contributed by atoms with Gasteiger partial charge in [-0.15, -0.1) is 0 Å². The van der Waals surface area contributed by atoms with Gasteiger partial charge in [-0.3, -0.25) is 9.59 Å². The lowest BCUT2D eigenvalue weighted by Gasteiger charge is -2.05. The summed E-state index contributed by atoms with van der Waals surface area (Å²) in [4.78, 5) is 25.9. The molecule has 0 bridgehead atoms. The van der Waals surface area contributed by atoms with Gasteiger partial charge in [0.05, 0.1) is 6.07 Å². The monoisotopic (exact) mass is 297 g/mol. The molecule has 0 aliphatic carbocycles. The SMILES string of the molecule is CCCc1[nH]c(=O)c(C(=O)NCC#N)cc1Br. The Morgan fingerprint density at radius 1 is 1.65 bits per heavy atom. The number of hydrogen-bond acceptors (Lipinski definition) is 3. The fraction of sp³-hybridized carbons (Fsp3) is 0.364. The van der Waals surface area contributed by atoms with Crippen LogP contribution in [0, 0.1) is 11.3 Å². The minimum Gasteiger partial charge on any atom is -0.339 e. The molecule has 0 atom stereocenters. The number of nitrogens with zero attached hydrogens (tertiary/aromatic N) is 1. The largest absolute Gasteiger partial charge is 0.339 e. The smallest absolute Gasteiger partial charge is 0.261 e. The highest BCUT2D eigenvalue weighted by Crippen LogP contribution is 2.15. The summed E-state index contributed by atoms with van der Waals surface area (Å²) in [6, 6.07) is 3.26. The number of halogens is 1. The predicted molar refractivity (Wildman–Crippen MR) is 66.7 cm³/mol. The van der Waals surface area contributed by atoms with E-state index in [0.29, 0.717) is 4.47 Å². The van der Waals surface area contributed by atoms with Crippen molar-refractivity contribution in [2.24, 2.45) is 0 Å². The quantitative estimate of drug-likeness (QED) is 0.823. The summed E-state index contributed by atoms with van der Waals surface area (Å²) in [5.41, 5.74) is 0.341. The normalized spacial score (nSPS) is 9.71.